The summed E-state index contributed by atoms with van der Waals surface area (Å²) in [7, 11) is 0. The van der Waals surface area contributed by atoms with Gasteiger partial charge in [0, 0.05) is 16.8 Å². The maximum absolute atomic E-state index is 12.9. The van der Waals surface area contributed by atoms with Gasteiger partial charge in [-0.15, -0.1) is 0 Å². The van der Waals surface area contributed by atoms with Gasteiger partial charge in [0.05, 0.1) is 0 Å². The van der Waals surface area contributed by atoms with Crippen molar-refractivity contribution in [3.05, 3.63) is 65.0 Å². The first kappa shape index (κ1) is 11.7. The Labute approximate surface area is 110 Å². The van der Waals surface area contributed by atoms with Crippen molar-refractivity contribution in [3.8, 4) is 0 Å². The molecule has 0 radical (unpaired) electrons. The molecule has 0 saturated carbocycles. The van der Waals surface area contributed by atoms with E-state index in [2.05, 4.69) is 5.32 Å². The van der Waals surface area contributed by atoms with Gasteiger partial charge in [-0.1, -0.05) is 23.8 Å². The van der Waals surface area contributed by atoms with E-state index in [1.54, 1.807) is 18.2 Å². The van der Waals surface area contributed by atoms with E-state index in [9.17, 15) is 9.18 Å². The van der Waals surface area contributed by atoms with E-state index in [-0.39, 0.29) is 11.7 Å². The van der Waals surface area contributed by atoms with Gasteiger partial charge in [-0.3, -0.25) is 4.79 Å². The smallest absolute Gasteiger partial charge is 0.256 e. The van der Waals surface area contributed by atoms with Crippen LogP contribution in [-0.2, 0) is 4.79 Å². The number of benzene rings is 2. The van der Waals surface area contributed by atoms with Crippen LogP contribution in [0.5, 0.6) is 0 Å². The van der Waals surface area contributed by atoms with Gasteiger partial charge in [-0.05, 0) is 42.8 Å². The highest BCUT2D eigenvalue weighted by molar-refractivity contribution is 6.34. The second-order valence-corrected chi connectivity index (χ2v) is 4.61. The van der Waals surface area contributed by atoms with Gasteiger partial charge in [0.15, 0.2) is 0 Å². The van der Waals surface area contributed by atoms with Crippen LogP contribution in [0, 0.1) is 12.7 Å². The fourth-order valence-corrected chi connectivity index (χ4v) is 2.17. The molecule has 0 aliphatic carbocycles. The first-order valence-corrected chi connectivity index (χ1v) is 6.03. The third-order valence-electron chi connectivity index (χ3n) is 3.14. The van der Waals surface area contributed by atoms with Crippen LogP contribution in [0.3, 0.4) is 0 Å². The average Bonchev–Trinajstić information content (AvgIpc) is 2.69. The van der Waals surface area contributed by atoms with Crippen molar-refractivity contribution >= 4 is 23.2 Å². The Morgan fingerprint density at radius 1 is 1.11 bits per heavy atom. The standard InChI is InChI=1S/C16H12FNO/c1-10-2-7-15-13(8-10)14(16(19)18-15)9-11-3-5-12(17)6-4-11/h2-9H,1H3,(H,18,19)/b14-9+. The lowest BCUT2D eigenvalue weighted by Gasteiger charge is -2.00. The van der Waals surface area contributed by atoms with Crippen LogP contribution < -0.4 is 5.32 Å². The lowest BCUT2D eigenvalue weighted by atomic mass is 10.0. The number of aryl methyl sites for hydroxylation is 1. The molecular weight excluding hydrogens is 241 g/mol. The second kappa shape index (κ2) is 4.35. The molecule has 0 unspecified atom stereocenters. The number of hydrogen-bond acceptors (Lipinski definition) is 1. The Morgan fingerprint density at radius 2 is 1.84 bits per heavy atom. The Balaban J connectivity index is 2.08. The molecule has 1 amide bonds. The van der Waals surface area contributed by atoms with Crippen molar-refractivity contribution in [2.75, 3.05) is 5.32 Å². The highest BCUT2D eigenvalue weighted by Gasteiger charge is 2.23. The number of fused-ring (bicyclic) bond motifs is 1. The molecule has 2 aromatic rings. The molecule has 0 fully saturated rings. The molecule has 3 rings (SSSR count). The van der Waals surface area contributed by atoms with E-state index < -0.39 is 0 Å². The molecule has 2 nitrogen and oxygen atoms in total. The molecule has 94 valence electrons. The lowest BCUT2D eigenvalue weighted by molar-refractivity contribution is -0.110. The van der Waals surface area contributed by atoms with Gasteiger partial charge in [-0.25, -0.2) is 4.39 Å². The summed E-state index contributed by atoms with van der Waals surface area (Å²) in [6.07, 6.45) is 1.78. The quantitative estimate of drug-likeness (QED) is 0.772. The molecule has 3 heteroatoms. The molecule has 1 heterocycles. The van der Waals surface area contributed by atoms with Gasteiger partial charge in [0.2, 0.25) is 0 Å². The number of rotatable bonds is 1. The molecule has 1 N–H and O–H groups in total. The number of carbonyl (C=O) groups excluding carboxylic acids is 1. The van der Waals surface area contributed by atoms with E-state index in [1.807, 2.05) is 25.1 Å². The molecule has 1 aliphatic rings. The predicted molar refractivity (Wildman–Crippen MR) is 74.1 cm³/mol. The van der Waals surface area contributed by atoms with Crippen molar-refractivity contribution < 1.29 is 9.18 Å². The summed E-state index contributed by atoms with van der Waals surface area (Å²) in [5, 5.41) is 2.83. The Bertz CT molecular complexity index is 686. The Kier molecular flexibility index (Phi) is 2.67. The van der Waals surface area contributed by atoms with Crippen LogP contribution >= 0.6 is 0 Å². The van der Waals surface area contributed by atoms with Crippen LogP contribution in [0.1, 0.15) is 16.7 Å². The average molecular weight is 253 g/mol. The summed E-state index contributed by atoms with van der Waals surface area (Å²) in [6, 6.07) is 11.9. The minimum absolute atomic E-state index is 0.120. The zero-order valence-corrected chi connectivity index (χ0v) is 10.4. The van der Waals surface area contributed by atoms with Crippen LogP contribution in [0.15, 0.2) is 42.5 Å². The van der Waals surface area contributed by atoms with E-state index in [1.165, 1.54) is 12.1 Å². The first-order chi connectivity index (χ1) is 9.13. The van der Waals surface area contributed by atoms with E-state index >= 15 is 0 Å². The third-order valence-corrected chi connectivity index (χ3v) is 3.14. The van der Waals surface area contributed by atoms with Crippen LogP contribution in [0.4, 0.5) is 10.1 Å². The summed E-state index contributed by atoms with van der Waals surface area (Å²) in [6.45, 7) is 1.98. The van der Waals surface area contributed by atoms with Crippen molar-refractivity contribution in [3.63, 3.8) is 0 Å². The van der Waals surface area contributed by atoms with Crippen molar-refractivity contribution in [2.45, 2.75) is 6.92 Å². The molecule has 1 aliphatic heterocycles. The highest BCUT2D eigenvalue weighted by atomic mass is 19.1. The predicted octanol–water partition coefficient (Wildman–Crippen LogP) is 3.63. The number of hydrogen-bond donors (Lipinski definition) is 1. The number of nitrogens with one attached hydrogen (secondary N) is 1. The van der Waals surface area contributed by atoms with Gasteiger partial charge < -0.3 is 5.32 Å². The molecule has 19 heavy (non-hydrogen) atoms. The number of halogens is 1. The molecular formula is C16H12FNO. The van der Waals surface area contributed by atoms with Crippen LogP contribution in [-0.4, -0.2) is 5.91 Å². The zero-order chi connectivity index (χ0) is 13.4. The van der Waals surface area contributed by atoms with E-state index in [0.29, 0.717) is 5.57 Å². The lowest BCUT2D eigenvalue weighted by Crippen LogP contribution is -2.03. The normalized spacial score (nSPS) is 15.5. The van der Waals surface area contributed by atoms with Crippen LogP contribution in [0.25, 0.3) is 11.6 Å². The monoisotopic (exact) mass is 253 g/mol. The van der Waals surface area contributed by atoms with Gasteiger partial charge >= 0.3 is 0 Å². The summed E-state index contributed by atoms with van der Waals surface area (Å²) < 4.78 is 12.9. The molecule has 2 aromatic carbocycles. The summed E-state index contributed by atoms with van der Waals surface area (Å²) in [4.78, 5) is 12.0. The second-order valence-electron chi connectivity index (χ2n) is 4.61. The molecule has 0 bridgehead atoms. The first-order valence-electron chi connectivity index (χ1n) is 6.03. The molecule has 0 atom stereocenters. The van der Waals surface area contributed by atoms with E-state index in [0.717, 1.165) is 22.4 Å². The largest absolute Gasteiger partial charge is 0.321 e. The third kappa shape index (κ3) is 2.15. The summed E-state index contributed by atoms with van der Waals surface area (Å²) >= 11 is 0. The minimum Gasteiger partial charge on any atom is -0.321 e. The van der Waals surface area contributed by atoms with Crippen molar-refractivity contribution in [1.29, 1.82) is 0 Å². The molecule has 0 aromatic heterocycles. The topological polar surface area (TPSA) is 29.1 Å². The zero-order valence-electron chi connectivity index (χ0n) is 10.4. The summed E-state index contributed by atoms with van der Waals surface area (Å²) in [5.74, 6) is -0.404. The minimum atomic E-state index is -0.283. The fraction of sp³-hybridized carbons (Fsp3) is 0.0625. The number of carbonyl (C=O) groups is 1. The van der Waals surface area contributed by atoms with E-state index in [4.69, 9.17) is 0 Å². The van der Waals surface area contributed by atoms with Gasteiger partial charge in [-0.2, -0.15) is 0 Å². The maximum Gasteiger partial charge on any atom is 0.256 e. The maximum atomic E-state index is 12.9. The Morgan fingerprint density at radius 3 is 2.58 bits per heavy atom. The fourth-order valence-electron chi connectivity index (χ4n) is 2.17. The van der Waals surface area contributed by atoms with Crippen molar-refractivity contribution in [1.82, 2.24) is 0 Å². The SMILES string of the molecule is Cc1ccc2c(c1)/C(=C\c1ccc(F)cc1)C(=O)N2. The van der Waals surface area contributed by atoms with Crippen LogP contribution in [0.2, 0.25) is 0 Å². The summed E-state index contributed by atoms with van der Waals surface area (Å²) in [5.41, 5.74) is 4.24. The highest BCUT2D eigenvalue weighted by Crippen LogP contribution is 2.33. The Hall–Kier alpha value is -2.42. The van der Waals surface area contributed by atoms with Crippen molar-refractivity contribution in [2.24, 2.45) is 0 Å². The number of amides is 1. The molecule has 0 saturated heterocycles. The number of anilines is 1. The van der Waals surface area contributed by atoms with Gasteiger partial charge in [0.25, 0.3) is 5.91 Å². The molecule has 0 spiro atoms. The van der Waals surface area contributed by atoms with Gasteiger partial charge in [0.1, 0.15) is 5.82 Å².